The third-order valence-corrected chi connectivity index (χ3v) is 5.56. The molecule has 4 heterocycles. The van der Waals surface area contributed by atoms with Crippen LogP contribution >= 0.6 is 0 Å². The molecule has 0 spiro atoms. The van der Waals surface area contributed by atoms with Crippen LogP contribution in [0.25, 0.3) is 17.0 Å². The van der Waals surface area contributed by atoms with Gasteiger partial charge in [-0.3, -0.25) is 4.98 Å². The maximum absolute atomic E-state index is 10.0. The van der Waals surface area contributed by atoms with Crippen molar-refractivity contribution >= 4 is 5.65 Å². The van der Waals surface area contributed by atoms with Crippen LogP contribution in [0, 0.1) is 0 Å². The highest BCUT2D eigenvalue weighted by Crippen LogP contribution is 2.50. The van der Waals surface area contributed by atoms with Gasteiger partial charge in [0.15, 0.2) is 11.5 Å². The van der Waals surface area contributed by atoms with Crippen LogP contribution < -0.4 is 9.47 Å². The third kappa shape index (κ3) is 2.77. The highest BCUT2D eigenvalue weighted by molar-refractivity contribution is 5.69. The fraction of sp³-hybridized carbons (Fsp3) is 0.0833. The van der Waals surface area contributed by atoms with E-state index in [1.807, 2.05) is 42.5 Å². The summed E-state index contributed by atoms with van der Waals surface area (Å²) in [7, 11) is 1.65. The molecule has 0 fully saturated rings. The quantitative estimate of drug-likeness (QED) is 0.456. The molecule has 1 aliphatic heterocycles. The second-order valence-corrected chi connectivity index (χ2v) is 7.41. The van der Waals surface area contributed by atoms with Crippen molar-refractivity contribution in [3.05, 3.63) is 90.0 Å². The number of rotatable bonds is 3. The predicted molar refractivity (Wildman–Crippen MR) is 116 cm³/mol. The van der Waals surface area contributed by atoms with Crippen molar-refractivity contribution in [2.45, 2.75) is 5.92 Å². The highest BCUT2D eigenvalue weighted by atomic mass is 16.5. The number of nitrogens with zero attached hydrogens (tertiary/aromatic N) is 5. The average molecular weight is 423 g/mol. The number of methoxy groups -OCH3 is 1. The van der Waals surface area contributed by atoms with E-state index < -0.39 is 0 Å². The molecule has 2 aromatic carbocycles. The number of para-hydroxylation sites is 1. The maximum Gasteiger partial charge on any atom is 0.228 e. The van der Waals surface area contributed by atoms with Gasteiger partial charge in [-0.15, -0.1) is 5.10 Å². The van der Waals surface area contributed by atoms with Gasteiger partial charge in [0.1, 0.15) is 23.6 Å². The summed E-state index contributed by atoms with van der Waals surface area (Å²) < 4.78 is 13.4. The molecule has 0 saturated carbocycles. The number of hydrogen-bond donors (Lipinski definition) is 1. The van der Waals surface area contributed by atoms with Crippen LogP contribution in [0.4, 0.5) is 0 Å². The fourth-order valence-electron chi connectivity index (χ4n) is 4.15. The Morgan fingerprint density at radius 1 is 1.06 bits per heavy atom. The van der Waals surface area contributed by atoms with Crippen LogP contribution in [-0.2, 0) is 0 Å². The molecule has 0 amide bonds. The van der Waals surface area contributed by atoms with Crippen LogP contribution in [0.5, 0.6) is 23.1 Å². The van der Waals surface area contributed by atoms with Crippen LogP contribution in [0.15, 0.2) is 73.3 Å². The van der Waals surface area contributed by atoms with E-state index in [1.54, 1.807) is 42.5 Å². The number of hydrogen-bond acceptors (Lipinski definition) is 7. The van der Waals surface area contributed by atoms with E-state index in [-0.39, 0.29) is 11.7 Å². The number of phenols is 1. The van der Waals surface area contributed by atoms with Crippen LogP contribution in [0.3, 0.4) is 0 Å². The molecule has 1 N–H and O–H groups in total. The standard InChI is InChI=1S/C24H17N5O3/c1-31-18-7-3-2-6-16(18)20-17-9-8-15(30)11-19(17)32-24-21(20)23-27-22(28-29(23)13-26-24)14-5-4-10-25-12-14/h2-13,20,30H,1H3. The highest BCUT2D eigenvalue weighted by Gasteiger charge is 2.35. The minimum atomic E-state index is -0.285. The fourth-order valence-corrected chi connectivity index (χ4v) is 4.15. The summed E-state index contributed by atoms with van der Waals surface area (Å²) in [4.78, 5) is 13.5. The van der Waals surface area contributed by atoms with Gasteiger partial charge in [0.2, 0.25) is 5.88 Å². The Kier molecular flexibility index (Phi) is 4.04. The number of aromatic hydroxyl groups is 1. The molecule has 1 atom stereocenters. The molecule has 1 unspecified atom stereocenters. The number of aromatic nitrogens is 5. The lowest BCUT2D eigenvalue weighted by molar-refractivity contribution is 0.401. The largest absolute Gasteiger partial charge is 0.508 e. The van der Waals surface area contributed by atoms with Gasteiger partial charge < -0.3 is 14.6 Å². The third-order valence-electron chi connectivity index (χ3n) is 5.56. The van der Waals surface area contributed by atoms with E-state index in [4.69, 9.17) is 14.5 Å². The van der Waals surface area contributed by atoms with Crippen molar-refractivity contribution in [1.82, 2.24) is 24.6 Å². The van der Waals surface area contributed by atoms with Crippen molar-refractivity contribution in [3.8, 4) is 34.5 Å². The molecule has 0 radical (unpaired) electrons. The summed E-state index contributed by atoms with van der Waals surface area (Å²) in [6.45, 7) is 0. The lowest BCUT2D eigenvalue weighted by Gasteiger charge is -2.28. The smallest absolute Gasteiger partial charge is 0.228 e. The molecule has 8 heteroatoms. The molecule has 156 valence electrons. The number of fused-ring (bicyclic) bond motifs is 4. The lowest BCUT2D eigenvalue weighted by Crippen LogP contribution is -2.15. The minimum Gasteiger partial charge on any atom is -0.508 e. The normalized spacial score (nSPS) is 14.5. The monoisotopic (exact) mass is 423 g/mol. The van der Waals surface area contributed by atoms with E-state index in [2.05, 4.69) is 15.1 Å². The second kappa shape index (κ2) is 7.05. The number of ether oxygens (including phenoxy) is 2. The summed E-state index contributed by atoms with van der Waals surface area (Å²) >= 11 is 0. The van der Waals surface area contributed by atoms with Crippen molar-refractivity contribution in [1.29, 1.82) is 0 Å². The molecule has 8 nitrogen and oxygen atoms in total. The van der Waals surface area contributed by atoms with Gasteiger partial charge in [0.05, 0.1) is 18.6 Å². The average Bonchev–Trinajstić information content (AvgIpc) is 3.28. The first-order valence-corrected chi connectivity index (χ1v) is 10.0. The second-order valence-electron chi connectivity index (χ2n) is 7.41. The predicted octanol–water partition coefficient (Wildman–Crippen LogP) is 4.19. The van der Waals surface area contributed by atoms with Gasteiger partial charge in [0.25, 0.3) is 0 Å². The number of pyridine rings is 1. The molecule has 6 rings (SSSR count). The maximum atomic E-state index is 10.0. The first-order valence-electron chi connectivity index (χ1n) is 10.0. The summed E-state index contributed by atoms with van der Waals surface area (Å²) in [6, 6.07) is 16.7. The van der Waals surface area contributed by atoms with Crippen molar-refractivity contribution in [2.24, 2.45) is 0 Å². The molecular formula is C24H17N5O3. The molecule has 0 bridgehead atoms. The lowest BCUT2D eigenvalue weighted by atomic mass is 9.83. The zero-order chi connectivity index (χ0) is 21.7. The van der Waals surface area contributed by atoms with Gasteiger partial charge in [0, 0.05) is 35.2 Å². The van der Waals surface area contributed by atoms with Gasteiger partial charge >= 0.3 is 0 Å². The molecule has 3 aromatic heterocycles. The van der Waals surface area contributed by atoms with Crippen molar-refractivity contribution < 1.29 is 14.6 Å². The summed E-state index contributed by atoms with van der Waals surface area (Å²) in [5.74, 6) is 2.07. The molecular weight excluding hydrogens is 406 g/mol. The van der Waals surface area contributed by atoms with Gasteiger partial charge in [-0.2, -0.15) is 0 Å². The van der Waals surface area contributed by atoms with E-state index in [0.29, 0.717) is 23.1 Å². The topological polar surface area (TPSA) is 94.7 Å². The SMILES string of the molecule is COc1ccccc1C1c2ccc(O)cc2Oc2ncn3nc(-c4cccnc4)nc3c21. The molecule has 0 aliphatic carbocycles. The van der Waals surface area contributed by atoms with E-state index in [1.165, 1.54) is 0 Å². The first-order chi connectivity index (χ1) is 15.7. The van der Waals surface area contributed by atoms with E-state index in [0.717, 1.165) is 28.0 Å². The zero-order valence-corrected chi connectivity index (χ0v) is 17.0. The zero-order valence-electron chi connectivity index (χ0n) is 17.0. The molecule has 0 saturated heterocycles. The van der Waals surface area contributed by atoms with Crippen LogP contribution in [0.1, 0.15) is 22.6 Å². The number of phenolic OH excluding ortho intramolecular Hbond substituents is 1. The van der Waals surface area contributed by atoms with Crippen LogP contribution in [0.2, 0.25) is 0 Å². The first kappa shape index (κ1) is 18.3. The summed E-state index contributed by atoms with van der Waals surface area (Å²) in [5.41, 5.74) is 4.02. The Hall–Kier alpha value is -4.46. The van der Waals surface area contributed by atoms with Crippen molar-refractivity contribution in [3.63, 3.8) is 0 Å². The Morgan fingerprint density at radius 3 is 2.81 bits per heavy atom. The summed E-state index contributed by atoms with van der Waals surface area (Å²) in [5, 5.41) is 14.6. The van der Waals surface area contributed by atoms with Gasteiger partial charge in [-0.25, -0.2) is 14.5 Å². The Morgan fingerprint density at radius 2 is 1.97 bits per heavy atom. The minimum absolute atomic E-state index is 0.119. The summed E-state index contributed by atoms with van der Waals surface area (Å²) in [6.07, 6.45) is 5.01. The van der Waals surface area contributed by atoms with Crippen molar-refractivity contribution in [2.75, 3.05) is 7.11 Å². The molecule has 32 heavy (non-hydrogen) atoms. The van der Waals surface area contributed by atoms with Gasteiger partial charge in [-0.05, 0) is 24.3 Å². The van der Waals surface area contributed by atoms with E-state index in [9.17, 15) is 5.11 Å². The van der Waals surface area contributed by atoms with Crippen LogP contribution in [-0.4, -0.2) is 36.8 Å². The van der Waals surface area contributed by atoms with Gasteiger partial charge in [-0.1, -0.05) is 24.3 Å². The number of benzene rings is 2. The molecule has 5 aromatic rings. The van der Waals surface area contributed by atoms with E-state index >= 15 is 0 Å². The Bertz CT molecular complexity index is 1470. The Labute approximate surface area is 182 Å². The Balaban J connectivity index is 1.65. The molecule has 1 aliphatic rings.